The molecule has 76 heavy (non-hydrogen) atoms. The van der Waals surface area contributed by atoms with Gasteiger partial charge in [-0.15, -0.1) is 0 Å². The van der Waals surface area contributed by atoms with Crippen LogP contribution < -0.4 is 0 Å². The molecule has 0 saturated heterocycles. The minimum absolute atomic E-state index is 0.0932. The summed E-state index contributed by atoms with van der Waals surface area (Å²) in [6.07, 6.45) is 85.7. The van der Waals surface area contributed by atoms with Crippen molar-refractivity contribution in [2.75, 3.05) is 13.2 Å². The molecule has 0 aliphatic rings. The Morgan fingerprint density at radius 3 is 0.816 bits per heavy atom. The van der Waals surface area contributed by atoms with Gasteiger partial charge in [-0.1, -0.05) is 291 Å². The van der Waals surface area contributed by atoms with Gasteiger partial charge in [0.25, 0.3) is 0 Å². The van der Waals surface area contributed by atoms with E-state index in [9.17, 15) is 14.4 Å². The summed E-state index contributed by atoms with van der Waals surface area (Å²) < 4.78 is 16.9. The number of carbonyl (C=O) groups excluding carboxylic acids is 3. The first-order valence-corrected chi connectivity index (χ1v) is 32.2. The second-order valence-electron chi connectivity index (χ2n) is 21.3. The lowest BCUT2D eigenvalue weighted by molar-refractivity contribution is -0.167. The molecule has 0 fully saturated rings. The minimum Gasteiger partial charge on any atom is -0.462 e. The van der Waals surface area contributed by atoms with E-state index in [0.29, 0.717) is 19.3 Å². The van der Waals surface area contributed by atoms with Crippen LogP contribution in [0.25, 0.3) is 0 Å². The zero-order valence-electron chi connectivity index (χ0n) is 50.0. The Morgan fingerprint density at radius 1 is 0.276 bits per heavy atom. The van der Waals surface area contributed by atoms with Crippen LogP contribution in [0.2, 0.25) is 0 Å². The number of rotatable bonds is 58. The van der Waals surface area contributed by atoms with E-state index in [1.165, 1.54) is 135 Å². The van der Waals surface area contributed by atoms with E-state index >= 15 is 0 Å². The monoisotopic (exact) mass is 1060 g/mol. The lowest BCUT2D eigenvalue weighted by atomic mass is 10.0. The molecule has 0 aromatic rings. The van der Waals surface area contributed by atoms with E-state index in [-0.39, 0.29) is 31.1 Å². The SMILES string of the molecule is CC/C=C\C/C=C\C/C=C\C/C=C\C/C=C\CCCCCCCC(=O)OC(COC(=O)CCCCC/C=C\C/C=C\C/C=C\CC)COC(=O)CCCCCCCCCCCCCCCCCCCCCCCCCC. The van der Waals surface area contributed by atoms with E-state index < -0.39 is 6.10 Å². The van der Waals surface area contributed by atoms with Gasteiger partial charge in [0.2, 0.25) is 0 Å². The molecule has 6 nitrogen and oxygen atoms in total. The van der Waals surface area contributed by atoms with Crippen molar-refractivity contribution in [3.63, 3.8) is 0 Å². The van der Waals surface area contributed by atoms with Gasteiger partial charge in [0.1, 0.15) is 13.2 Å². The summed E-state index contributed by atoms with van der Waals surface area (Å²) in [5.41, 5.74) is 0. The van der Waals surface area contributed by atoms with E-state index in [4.69, 9.17) is 14.2 Å². The molecule has 6 heteroatoms. The molecule has 0 heterocycles. The average Bonchev–Trinajstić information content (AvgIpc) is 3.42. The van der Waals surface area contributed by atoms with Crippen molar-refractivity contribution in [3.05, 3.63) is 97.2 Å². The third kappa shape index (κ3) is 61.2. The summed E-state index contributed by atoms with van der Waals surface area (Å²) in [7, 11) is 0. The van der Waals surface area contributed by atoms with Gasteiger partial charge in [-0.05, 0) is 96.3 Å². The average molecular weight is 1060 g/mol. The lowest BCUT2D eigenvalue weighted by Gasteiger charge is -2.18. The second kappa shape index (κ2) is 63.9. The van der Waals surface area contributed by atoms with Crippen LogP contribution in [0.4, 0.5) is 0 Å². The molecule has 0 amide bonds. The van der Waals surface area contributed by atoms with Crippen LogP contribution in [0.5, 0.6) is 0 Å². The third-order valence-electron chi connectivity index (χ3n) is 13.8. The Morgan fingerprint density at radius 2 is 0.513 bits per heavy atom. The second-order valence-corrected chi connectivity index (χ2v) is 21.3. The lowest BCUT2D eigenvalue weighted by Crippen LogP contribution is -2.30. The highest BCUT2D eigenvalue weighted by Crippen LogP contribution is 2.17. The number of hydrogen-bond donors (Lipinski definition) is 0. The largest absolute Gasteiger partial charge is 0.462 e. The molecule has 0 saturated carbocycles. The smallest absolute Gasteiger partial charge is 0.306 e. The first kappa shape index (κ1) is 72.3. The van der Waals surface area contributed by atoms with Crippen LogP contribution in [-0.4, -0.2) is 37.2 Å². The van der Waals surface area contributed by atoms with E-state index in [0.717, 1.165) is 135 Å². The predicted molar refractivity (Wildman–Crippen MR) is 330 cm³/mol. The third-order valence-corrected chi connectivity index (χ3v) is 13.8. The van der Waals surface area contributed by atoms with Crippen molar-refractivity contribution in [1.29, 1.82) is 0 Å². The summed E-state index contributed by atoms with van der Waals surface area (Å²) in [6, 6.07) is 0. The van der Waals surface area contributed by atoms with Crippen molar-refractivity contribution in [2.24, 2.45) is 0 Å². The summed E-state index contributed by atoms with van der Waals surface area (Å²) >= 11 is 0. The van der Waals surface area contributed by atoms with Crippen LogP contribution >= 0.6 is 0 Å². The predicted octanol–water partition coefficient (Wildman–Crippen LogP) is 22.0. The maximum Gasteiger partial charge on any atom is 0.306 e. The highest BCUT2D eigenvalue weighted by atomic mass is 16.6. The quantitative estimate of drug-likeness (QED) is 0.0261. The van der Waals surface area contributed by atoms with Gasteiger partial charge in [-0.2, -0.15) is 0 Å². The molecule has 0 N–H and O–H groups in total. The normalized spacial score (nSPS) is 12.7. The summed E-state index contributed by atoms with van der Waals surface area (Å²) in [4.78, 5) is 38.3. The molecule has 0 bridgehead atoms. The summed E-state index contributed by atoms with van der Waals surface area (Å²) in [5, 5.41) is 0. The molecule has 0 radical (unpaired) electrons. The van der Waals surface area contributed by atoms with Crippen LogP contribution in [0, 0.1) is 0 Å². The topological polar surface area (TPSA) is 78.9 Å². The molecule has 1 unspecified atom stereocenters. The Balaban J connectivity index is 4.34. The van der Waals surface area contributed by atoms with Gasteiger partial charge in [-0.25, -0.2) is 0 Å². The van der Waals surface area contributed by atoms with Crippen LogP contribution in [0.15, 0.2) is 97.2 Å². The van der Waals surface area contributed by atoms with Crippen LogP contribution in [0.1, 0.15) is 310 Å². The van der Waals surface area contributed by atoms with E-state index in [1.807, 2.05) is 0 Å². The molecule has 1 atom stereocenters. The maximum atomic E-state index is 12.9. The molecule has 0 spiro atoms. The van der Waals surface area contributed by atoms with Crippen molar-refractivity contribution in [3.8, 4) is 0 Å². The molecule has 0 aliphatic heterocycles. The van der Waals surface area contributed by atoms with Crippen molar-refractivity contribution < 1.29 is 28.6 Å². The molecule has 0 rings (SSSR count). The molecule has 0 aromatic heterocycles. The Labute approximate surface area is 470 Å². The van der Waals surface area contributed by atoms with Gasteiger partial charge >= 0.3 is 17.9 Å². The van der Waals surface area contributed by atoms with Crippen LogP contribution in [0.3, 0.4) is 0 Å². The van der Waals surface area contributed by atoms with Crippen molar-refractivity contribution in [2.45, 2.75) is 316 Å². The Bertz CT molecular complexity index is 1490. The van der Waals surface area contributed by atoms with Crippen molar-refractivity contribution in [1.82, 2.24) is 0 Å². The number of allylic oxidation sites excluding steroid dienone is 16. The zero-order valence-corrected chi connectivity index (χ0v) is 50.0. The number of carbonyl (C=O) groups is 3. The molecule has 0 aromatic carbocycles. The Kier molecular flexibility index (Phi) is 60.8. The molecule has 436 valence electrons. The summed E-state index contributed by atoms with van der Waals surface area (Å²) in [5.74, 6) is -0.933. The number of unbranched alkanes of at least 4 members (excludes halogenated alkanes) is 31. The molecular formula is C70H120O6. The Hall–Kier alpha value is -3.67. The molecular weight excluding hydrogens is 937 g/mol. The summed E-state index contributed by atoms with van der Waals surface area (Å²) in [6.45, 7) is 6.40. The zero-order chi connectivity index (χ0) is 55.0. The van der Waals surface area contributed by atoms with Gasteiger partial charge < -0.3 is 14.2 Å². The van der Waals surface area contributed by atoms with Gasteiger partial charge in [0, 0.05) is 19.3 Å². The maximum absolute atomic E-state index is 12.9. The van der Waals surface area contributed by atoms with E-state index in [1.54, 1.807) is 0 Å². The minimum atomic E-state index is -0.801. The first-order chi connectivity index (χ1) is 37.5. The highest BCUT2D eigenvalue weighted by molar-refractivity contribution is 5.71. The van der Waals surface area contributed by atoms with Crippen LogP contribution in [-0.2, 0) is 28.6 Å². The van der Waals surface area contributed by atoms with Gasteiger partial charge in [-0.3, -0.25) is 14.4 Å². The standard InChI is InChI=1S/C70H120O6/c1-4-7-10-13-16-19-22-25-27-29-31-33-34-35-37-38-40-42-45-48-51-54-57-60-63-69(72)75-66-67(65-74-68(71)62-59-56-53-50-47-44-24-21-18-15-12-9-6-3)76-70(73)64-61-58-55-52-49-46-43-41-39-36-32-30-28-26-23-20-17-14-11-8-5-2/h8-9,11-12,17-18,20-21,26,28,32,36,41,43-44,47,67H,4-7,10,13-16,19,22-25,27,29-31,33-35,37-40,42,45-46,48-66H2,1-3H3/b11-8-,12-9-,20-17-,21-18-,28-26-,36-32-,43-41-,47-44-. The fourth-order valence-electron chi connectivity index (χ4n) is 9.07. The first-order valence-electron chi connectivity index (χ1n) is 32.2. The van der Waals surface area contributed by atoms with Gasteiger partial charge in [0.05, 0.1) is 0 Å². The fourth-order valence-corrected chi connectivity index (χ4v) is 9.07. The molecule has 0 aliphatic carbocycles. The fraction of sp³-hybridized carbons (Fsp3) is 0.729. The number of esters is 3. The van der Waals surface area contributed by atoms with E-state index in [2.05, 4.69) is 118 Å². The highest BCUT2D eigenvalue weighted by Gasteiger charge is 2.19. The van der Waals surface area contributed by atoms with Crippen molar-refractivity contribution >= 4 is 17.9 Å². The van der Waals surface area contributed by atoms with Gasteiger partial charge in [0.15, 0.2) is 6.10 Å². The number of ether oxygens (including phenoxy) is 3. The number of hydrogen-bond acceptors (Lipinski definition) is 6.